The molecule has 0 bridgehead atoms. The molecule has 0 aromatic heterocycles. The summed E-state index contributed by atoms with van der Waals surface area (Å²) in [5.74, 6) is -0.0570. The Kier molecular flexibility index (Phi) is 60.5. The number of aliphatic hydroxyl groups is 2. The quantitative estimate of drug-likeness (QED) is 0.0320. The zero-order valence-corrected chi connectivity index (χ0v) is 48.7. The molecule has 0 aromatic rings. The van der Waals surface area contributed by atoms with E-state index in [2.05, 4.69) is 31.3 Å². The monoisotopic (exact) mass is 1010 g/mol. The highest BCUT2D eigenvalue weighted by Gasteiger charge is 2.18. The molecule has 1 amide bonds. The molecule has 2 unspecified atom stereocenters. The second-order valence-corrected chi connectivity index (χ2v) is 22.5. The van der Waals surface area contributed by atoms with Crippen LogP contribution in [0.25, 0.3) is 0 Å². The zero-order chi connectivity index (χ0) is 52.2. The Morgan fingerprint density at radius 1 is 0.375 bits per heavy atom. The minimum atomic E-state index is -0.847. The predicted molar refractivity (Wildman–Crippen MR) is 315 cm³/mol. The van der Waals surface area contributed by atoms with E-state index < -0.39 is 12.1 Å². The molecule has 0 saturated carbocycles. The molecule has 72 heavy (non-hydrogen) atoms. The lowest BCUT2D eigenvalue weighted by molar-refractivity contribution is -0.143. The third-order valence-electron chi connectivity index (χ3n) is 15.2. The van der Waals surface area contributed by atoms with Crippen LogP contribution in [0.4, 0.5) is 0 Å². The van der Waals surface area contributed by atoms with Crippen LogP contribution >= 0.6 is 0 Å². The van der Waals surface area contributed by atoms with E-state index in [0.717, 1.165) is 44.9 Å². The Morgan fingerprint density at radius 2 is 0.653 bits per heavy atom. The lowest BCUT2D eigenvalue weighted by Gasteiger charge is -2.20. The molecular formula is C66H127NO5. The van der Waals surface area contributed by atoms with Crippen molar-refractivity contribution in [3.05, 3.63) is 24.3 Å². The lowest BCUT2D eigenvalue weighted by Crippen LogP contribution is -2.45. The van der Waals surface area contributed by atoms with Crippen LogP contribution < -0.4 is 5.32 Å². The number of unbranched alkanes of at least 4 members (excludes halogenated alkanes) is 48. The van der Waals surface area contributed by atoms with Gasteiger partial charge in [0.25, 0.3) is 0 Å². The molecule has 0 fully saturated rings. The number of esters is 1. The van der Waals surface area contributed by atoms with Crippen LogP contribution in [0.2, 0.25) is 0 Å². The summed E-state index contributed by atoms with van der Waals surface area (Å²) in [6, 6.07) is -0.632. The van der Waals surface area contributed by atoms with E-state index in [1.165, 1.54) is 289 Å². The third kappa shape index (κ3) is 57.6. The van der Waals surface area contributed by atoms with Crippen molar-refractivity contribution in [2.75, 3.05) is 13.2 Å². The van der Waals surface area contributed by atoms with Gasteiger partial charge in [0.05, 0.1) is 25.4 Å². The van der Waals surface area contributed by atoms with Gasteiger partial charge in [0.15, 0.2) is 0 Å². The normalized spacial score (nSPS) is 12.7. The summed E-state index contributed by atoms with van der Waals surface area (Å²) in [5, 5.41) is 23.1. The molecule has 6 nitrogen and oxygen atoms in total. The number of amides is 1. The van der Waals surface area contributed by atoms with Crippen molar-refractivity contribution in [1.29, 1.82) is 0 Å². The van der Waals surface area contributed by atoms with Crippen LogP contribution in [-0.4, -0.2) is 47.4 Å². The molecule has 0 aliphatic rings. The fourth-order valence-electron chi connectivity index (χ4n) is 10.2. The molecule has 426 valence electrons. The highest BCUT2D eigenvalue weighted by atomic mass is 16.5. The van der Waals surface area contributed by atoms with Crippen LogP contribution in [0.15, 0.2) is 24.3 Å². The number of allylic oxidation sites excluding steroid dienone is 3. The number of nitrogens with one attached hydrogen (secondary N) is 1. The van der Waals surface area contributed by atoms with E-state index in [0.29, 0.717) is 19.4 Å². The first-order valence-electron chi connectivity index (χ1n) is 32.6. The van der Waals surface area contributed by atoms with Gasteiger partial charge in [-0.2, -0.15) is 0 Å². The van der Waals surface area contributed by atoms with Gasteiger partial charge in [-0.05, 0) is 57.8 Å². The number of hydrogen-bond acceptors (Lipinski definition) is 5. The molecule has 0 aromatic carbocycles. The first kappa shape index (κ1) is 70.3. The largest absolute Gasteiger partial charge is 0.466 e. The number of aliphatic hydroxyl groups excluding tert-OH is 2. The summed E-state index contributed by atoms with van der Waals surface area (Å²) >= 11 is 0. The Balaban J connectivity index is 3.40. The Bertz CT molecular complexity index is 1120. The Hall–Kier alpha value is -1.66. The number of carbonyl (C=O) groups is 2. The molecule has 6 heteroatoms. The van der Waals surface area contributed by atoms with E-state index >= 15 is 0 Å². The van der Waals surface area contributed by atoms with E-state index in [1.54, 1.807) is 6.08 Å². The van der Waals surface area contributed by atoms with Gasteiger partial charge in [-0.25, -0.2) is 0 Å². The van der Waals surface area contributed by atoms with E-state index in [9.17, 15) is 19.8 Å². The van der Waals surface area contributed by atoms with Gasteiger partial charge in [0, 0.05) is 12.8 Å². The zero-order valence-electron chi connectivity index (χ0n) is 48.7. The maximum Gasteiger partial charge on any atom is 0.305 e. The fraction of sp³-hybridized carbons (Fsp3) is 0.909. The summed E-state index contributed by atoms with van der Waals surface area (Å²) in [6.45, 7) is 4.93. The van der Waals surface area contributed by atoms with Gasteiger partial charge in [-0.15, -0.1) is 0 Å². The van der Waals surface area contributed by atoms with Crippen LogP contribution in [0.5, 0.6) is 0 Å². The summed E-state index contributed by atoms with van der Waals surface area (Å²) in [5.41, 5.74) is 0. The van der Waals surface area contributed by atoms with Gasteiger partial charge >= 0.3 is 5.97 Å². The van der Waals surface area contributed by atoms with Crippen LogP contribution in [-0.2, 0) is 14.3 Å². The summed E-state index contributed by atoms with van der Waals surface area (Å²) in [7, 11) is 0. The molecule has 0 radical (unpaired) electrons. The van der Waals surface area contributed by atoms with Gasteiger partial charge < -0.3 is 20.3 Å². The number of carbonyl (C=O) groups excluding carboxylic acids is 2. The number of hydrogen-bond donors (Lipinski definition) is 3. The average Bonchev–Trinajstić information content (AvgIpc) is 3.38. The summed E-state index contributed by atoms with van der Waals surface area (Å²) in [6.07, 6.45) is 76.6. The van der Waals surface area contributed by atoms with Crippen molar-refractivity contribution in [2.45, 2.75) is 373 Å². The maximum absolute atomic E-state index is 12.5. The third-order valence-corrected chi connectivity index (χ3v) is 15.2. The highest BCUT2D eigenvalue weighted by molar-refractivity contribution is 5.76. The average molecular weight is 1010 g/mol. The Labute approximate surface area is 450 Å². The van der Waals surface area contributed by atoms with E-state index in [-0.39, 0.29) is 18.5 Å². The maximum atomic E-state index is 12.5. The molecule has 2 atom stereocenters. The molecular weight excluding hydrogens is 887 g/mol. The minimum Gasteiger partial charge on any atom is -0.466 e. The number of rotatable bonds is 61. The van der Waals surface area contributed by atoms with Crippen LogP contribution in [0, 0.1) is 0 Å². The number of ether oxygens (including phenoxy) is 1. The topological polar surface area (TPSA) is 95.9 Å². The van der Waals surface area contributed by atoms with Gasteiger partial charge in [0.2, 0.25) is 5.91 Å². The first-order chi connectivity index (χ1) is 35.5. The Morgan fingerprint density at radius 3 is 0.986 bits per heavy atom. The van der Waals surface area contributed by atoms with Gasteiger partial charge in [0.1, 0.15) is 0 Å². The minimum absolute atomic E-state index is 0.0158. The van der Waals surface area contributed by atoms with E-state index in [1.807, 2.05) is 6.08 Å². The van der Waals surface area contributed by atoms with Gasteiger partial charge in [-0.1, -0.05) is 314 Å². The SMILES string of the molecule is CCCCCCCCCCCCCC/C=C/C(O)C(CO)NC(=O)CCCCCCCCC/C=C\CCCCCCCCCCCCCCOC(=O)CCCCCCCCCCCCCCCCCCCC. The standard InChI is InChI=1S/C66H127NO5/c1-3-5-7-9-11-13-15-17-19-20-29-32-36-40-44-48-52-56-60-66(71)72-61-57-53-49-45-41-37-33-30-27-25-23-21-22-24-26-28-31-35-39-43-47-51-55-59-65(70)67-63(62-68)64(69)58-54-50-46-42-38-34-18-16-14-12-10-8-6-4-2/h24,26,54,58,63-64,68-69H,3-23,25,27-53,55-57,59-62H2,1-2H3,(H,67,70)/b26-24-,58-54+. The van der Waals surface area contributed by atoms with Crippen molar-refractivity contribution in [1.82, 2.24) is 5.32 Å². The summed E-state index contributed by atoms with van der Waals surface area (Å²) < 4.78 is 5.50. The van der Waals surface area contributed by atoms with Gasteiger partial charge in [-0.3, -0.25) is 9.59 Å². The van der Waals surface area contributed by atoms with Crippen LogP contribution in [0.1, 0.15) is 361 Å². The van der Waals surface area contributed by atoms with E-state index in [4.69, 9.17) is 4.74 Å². The fourth-order valence-corrected chi connectivity index (χ4v) is 10.2. The molecule has 0 aliphatic carbocycles. The highest BCUT2D eigenvalue weighted by Crippen LogP contribution is 2.18. The van der Waals surface area contributed by atoms with Crippen LogP contribution in [0.3, 0.4) is 0 Å². The lowest BCUT2D eigenvalue weighted by atomic mass is 10.0. The smallest absolute Gasteiger partial charge is 0.305 e. The predicted octanol–water partition coefficient (Wildman–Crippen LogP) is 20.6. The van der Waals surface area contributed by atoms with Crippen molar-refractivity contribution in [2.24, 2.45) is 0 Å². The second-order valence-electron chi connectivity index (χ2n) is 22.5. The molecule has 0 rings (SSSR count). The van der Waals surface area contributed by atoms with Crippen molar-refractivity contribution >= 4 is 11.9 Å². The second kappa shape index (κ2) is 61.9. The molecule has 3 N–H and O–H groups in total. The molecule has 0 aliphatic heterocycles. The molecule has 0 saturated heterocycles. The molecule has 0 spiro atoms. The van der Waals surface area contributed by atoms with Crippen molar-refractivity contribution < 1.29 is 24.5 Å². The first-order valence-corrected chi connectivity index (χ1v) is 32.6. The van der Waals surface area contributed by atoms with Crippen molar-refractivity contribution in [3.63, 3.8) is 0 Å². The molecule has 0 heterocycles. The van der Waals surface area contributed by atoms with Crippen molar-refractivity contribution in [3.8, 4) is 0 Å². The summed E-state index contributed by atoms with van der Waals surface area (Å²) in [4.78, 5) is 24.6.